The Labute approximate surface area is 219 Å². The second-order valence-corrected chi connectivity index (χ2v) is 12.8. The third-order valence-electron chi connectivity index (χ3n) is 6.21. The van der Waals surface area contributed by atoms with E-state index >= 15 is 0 Å². The van der Waals surface area contributed by atoms with Crippen molar-refractivity contribution in [2.45, 2.75) is 10.9 Å². The van der Waals surface area contributed by atoms with Crippen LogP contribution < -0.4 is 0 Å². The SMILES string of the molecule is CS(=O)(=O)N1CCN(C(=O)N2C[C@H](CSc3ccc(Cl)cn3)[C@@H](c3ccc(Cl)c(Cl)c3)C2)CC1. The van der Waals surface area contributed by atoms with Gasteiger partial charge in [-0.1, -0.05) is 40.9 Å². The number of benzene rings is 1. The predicted octanol–water partition coefficient (Wildman–Crippen LogP) is 4.55. The lowest BCUT2D eigenvalue weighted by Gasteiger charge is -2.35. The van der Waals surface area contributed by atoms with Crippen molar-refractivity contribution >= 4 is 62.6 Å². The van der Waals surface area contributed by atoms with Crippen molar-refractivity contribution in [3.05, 3.63) is 57.2 Å². The molecule has 1 aromatic heterocycles. The summed E-state index contributed by atoms with van der Waals surface area (Å²) in [4.78, 5) is 21.3. The first-order valence-electron chi connectivity index (χ1n) is 10.8. The van der Waals surface area contributed by atoms with Gasteiger partial charge in [-0.15, -0.1) is 11.8 Å². The van der Waals surface area contributed by atoms with Gasteiger partial charge in [0.05, 0.1) is 26.3 Å². The Morgan fingerprint density at radius 1 is 1.03 bits per heavy atom. The predicted molar refractivity (Wildman–Crippen MR) is 138 cm³/mol. The average molecular weight is 564 g/mol. The van der Waals surface area contributed by atoms with Crippen LogP contribution in [0.15, 0.2) is 41.6 Å². The first kappa shape index (κ1) is 25.9. The highest BCUT2D eigenvalue weighted by Gasteiger charge is 2.39. The monoisotopic (exact) mass is 562 g/mol. The summed E-state index contributed by atoms with van der Waals surface area (Å²) >= 11 is 20.0. The molecular weight excluding hydrogens is 539 g/mol. The molecule has 2 aromatic rings. The van der Waals surface area contributed by atoms with Gasteiger partial charge >= 0.3 is 6.03 Å². The van der Waals surface area contributed by atoms with Gasteiger partial charge in [-0.25, -0.2) is 18.2 Å². The number of thioether (sulfide) groups is 1. The Kier molecular flexibility index (Phi) is 8.21. The van der Waals surface area contributed by atoms with Gasteiger partial charge in [-0.3, -0.25) is 0 Å². The highest BCUT2D eigenvalue weighted by atomic mass is 35.5. The third kappa shape index (κ3) is 6.12. The molecule has 0 N–H and O–H groups in total. The van der Waals surface area contributed by atoms with Gasteiger partial charge in [-0.05, 0) is 35.7 Å². The molecule has 2 saturated heterocycles. The molecule has 0 bridgehead atoms. The smallest absolute Gasteiger partial charge is 0.320 e. The first-order chi connectivity index (χ1) is 16.1. The molecule has 34 heavy (non-hydrogen) atoms. The number of nitrogens with zero attached hydrogens (tertiary/aromatic N) is 4. The number of hydrogen-bond donors (Lipinski definition) is 0. The summed E-state index contributed by atoms with van der Waals surface area (Å²) in [5, 5.41) is 2.45. The van der Waals surface area contributed by atoms with Crippen LogP contribution in [0.25, 0.3) is 0 Å². The molecule has 1 aromatic carbocycles. The Morgan fingerprint density at radius 3 is 2.38 bits per heavy atom. The van der Waals surface area contributed by atoms with E-state index in [0.717, 1.165) is 16.3 Å². The summed E-state index contributed by atoms with van der Waals surface area (Å²) in [6, 6.07) is 9.28. The quantitative estimate of drug-likeness (QED) is 0.499. The lowest BCUT2D eigenvalue weighted by Crippen LogP contribution is -2.53. The van der Waals surface area contributed by atoms with Crippen LogP contribution in [-0.2, 0) is 10.0 Å². The number of likely N-dealkylation sites (tertiary alicyclic amines) is 1. The maximum Gasteiger partial charge on any atom is 0.320 e. The number of carbonyl (C=O) groups is 1. The molecular formula is C22H25Cl3N4O3S2. The number of aromatic nitrogens is 1. The zero-order valence-corrected chi connectivity index (χ0v) is 22.4. The lowest BCUT2D eigenvalue weighted by molar-refractivity contribution is 0.141. The molecule has 3 heterocycles. The lowest BCUT2D eigenvalue weighted by atomic mass is 9.90. The molecule has 2 fully saturated rings. The fourth-order valence-corrected chi connectivity index (χ4v) is 6.63. The van der Waals surface area contributed by atoms with Gasteiger partial charge in [0.15, 0.2) is 0 Å². The van der Waals surface area contributed by atoms with E-state index in [0.29, 0.717) is 54.3 Å². The van der Waals surface area contributed by atoms with Gasteiger partial charge in [0.2, 0.25) is 10.0 Å². The molecule has 2 aliphatic heterocycles. The van der Waals surface area contributed by atoms with Crippen molar-refractivity contribution in [3.63, 3.8) is 0 Å². The molecule has 2 aliphatic rings. The Hall–Kier alpha value is -1.23. The number of amides is 2. The van der Waals surface area contributed by atoms with Crippen molar-refractivity contribution in [1.82, 2.24) is 19.1 Å². The molecule has 0 unspecified atom stereocenters. The maximum absolute atomic E-state index is 13.3. The number of piperazine rings is 1. The number of hydrogen-bond acceptors (Lipinski definition) is 5. The van der Waals surface area contributed by atoms with Crippen molar-refractivity contribution in [1.29, 1.82) is 0 Å². The molecule has 0 saturated carbocycles. The van der Waals surface area contributed by atoms with Crippen LogP contribution in [0.4, 0.5) is 4.79 Å². The van der Waals surface area contributed by atoms with Crippen LogP contribution in [0, 0.1) is 5.92 Å². The van der Waals surface area contributed by atoms with Crippen molar-refractivity contribution < 1.29 is 13.2 Å². The summed E-state index contributed by atoms with van der Waals surface area (Å²) in [5.41, 5.74) is 1.04. The zero-order chi connectivity index (χ0) is 24.5. The normalized spacial score (nSPS) is 21.8. The molecule has 2 atom stereocenters. The topological polar surface area (TPSA) is 73.8 Å². The molecule has 0 spiro atoms. The van der Waals surface area contributed by atoms with Gasteiger partial charge in [0.1, 0.15) is 0 Å². The minimum Gasteiger partial charge on any atom is -0.324 e. The minimum absolute atomic E-state index is 0.0599. The molecule has 0 aliphatic carbocycles. The molecule has 4 rings (SSSR count). The fraction of sp³-hybridized carbons (Fsp3) is 0.455. The van der Waals surface area contributed by atoms with E-state index < -0.39 is 10.0 Å². The summed E-state index contributed by atoms with van der Waals surface area (Å²) in [6.45, 7) is 2.55. The number of urea groups is 1. The maximum atomic E-state index is 13.3. The second kappa shape index (κ2) is 10.8. The Morgan fingerprint density at radius 2 is 1.76 bits per heavy atom. The van der Waals surface area contributed by atoms with Gasteiger partial charge in [0, 0.05) is 57.1 Å². The zero-order valence-electron chi connectivity index (χ0n) is 18.5. The number of rotatable bonds is 5. The van der Waals surface area contributed by atoms with Crippen LogP contribution in [0.5, 0.6) is 0 Å². The molecule has 12 heteroatoms. The summed E-state index contributed by atoms with van der Waals surface area (Å²) in [7, 11) is -3.25. The molecule has 0 radical (unpaired) electrons. The van der Waals surface area contributed by atoms with Crippen molar-refractivity contribution in [2.75, 3.05) is 51.3 Å². The molecule has 2 amide bonds. The molecule has 184 valence electrons. The van der Waals surface area contributed by atoms with Crippen LogP contribution in [0.3, 0.4) is 0 Å². The van der Waals surface area contributed by atoms with E-state index in [2.05, 4.69) is 4.98 Å². The van der Waals surface area contributed by atoms with E-state index in [1.807, 2.05) is 29.2 Å². The molecule has 7 nitrogen and oxygen atoms in total. The van der Waals surface area contributed by atoms with Gasteiger partial charge in [-0.2, -0.15) is 4.31 Å². The van der Waals surface area contributed by atoms with E-state index in [1.165, 1.54) is 10.6 Å². The van der Waals surface area contributed by atoms with E-state index in [4.69, 9.17) is 34.8 Å². The van der Waals surface area contributed by atoms with Crippen LogP contribution in [0.1, 0.15) is 11.5 Å². The summed E-state index contributed by atoms with van der Waals surface area (Å²) < 4.78 is 25.0. The Balaban J connectivity index is 1.48. The standard InChI is InChI=1S/C22H25Cl3N4O3S2/c1-34(31,32)29-8-6-27(7-9-29)22(30)28-12-16(14-33-21-5-3-17(23)11-26-21)18(13-28)15-2-4-19(24)20(25)10-15/h2-5,10-11,16,18H,6-9,12-14H2,1H3/t16-,18-/m1/s1. The Bertz CT molecular complexity index is 1140. The fourth-order valence-electron chi connectivity index (χ4n) is 4.37. The summed E-state index contributed by atoms with van der Waals surface area (Å²) in [6.07, 6.45) is 2.82. The van der Waals surface area contributed by atoms with Crippen LogP contribution >= 0.6 is 46.6 Å². The van der Waals surface area contributed by atoms with Crippen LogP contribution in [-0.4, -0.2) is 84.8 Å². The summed E-state index contributed by atoms with van der Waals surface area (Å²) in [5.74, 6) is 1.04. The highest BCUT2D eigenvalue weighted by molar-refractivity contribution is 7.99. The van der Waals surface area contributed by atoms with Crippen molar-refractivity contribution in [3.8, 4) is 0 Å². The number of carbonyl (C=O) groups excluding carboxylic acids is 1. The number of pyridine rings is 1. The van der Waals surface area contributed by atoms with Crippen molar-refractivity contribution in [2.24, 2.45) is 5.92 Å². The number of sulfonamides is 1. The average Bonchev–Trinajstić information content (AvgIpc) is 3.24. The largest absolute Gasteiger partial charge is 0.324 e. The van der Waals surface area contributed by atoms with Gasteiger partial charge in [0.25, 0.3) is 0 Å². The van der Waals surface area contributed by atoms with Crippen LogP contribution in [0.2, 0.25) is 15.1 Å². The minimum atomic E-state index is -3.25. The van der Waals surface area contributed by atoms with E-state index in [1.54, 1.807) is 28.9 Å². The van der Waals surface area contributed by atoms with Gasteiger partial charge < -0.3 is 9.80 Å². The first-order valence-corrected chi connectivity index (χ1v) is 14.8. The van der Waals surface area contributed by atoms with E-state index in [-0.39, 0.29) is 17.9 Å². The third-order valence-corrected chi connectivity index (χ3v) is 9.60. The number of halogens is 3. The highest BCUT2D eigenvalue weighted by Crippen LogP contribution is 2.38. The van der Waals surface area contributed by atoms with E-state index in [9.17, 15) is 13.2 Å². The second-order valence-electron chi connectivity index (χ2n) is 8.50.